The van der Waals surface area contributed by atoms with Gasteiger partial charge >= 0.3 is 6.18 Å². The summed E-state index contributed by atoms with van der Waals surface area (Å²) in [6, 6.07) is 11.1. The molecule has 0 spiro atoms. The fourth-order valence-corrected chi connectivity index (χ4v) is 4.32. The predicted molar refractivity (Wildman–Crippen MR) is 102 cm³/mol. The van der Waals surface area contributed by atoms with Gasteiger partial charge < -0.3 is 9.64 Å². The molecule has 9 heteroatoms. The van der Waals surface area contributed by atoms with Crippen LogP contribution in [0.1, 0.15) is 17.5 Å². The van der Waals surface area contributed by atoms with Crippen molar-refractivity contribution in [2.24, 2.45) is 0 Å². The Morgan fingerprint density at radius 2 is 1.75 bits per heavy atom. The van der Waals surface area contributed by atoms with Crippen molar-refractivity contribution in [1.82, 2.24) is 0 Å². The summed E-state index contributed by atoms with van der Waals surface area (Å²) in [6.45, 7) is 1.66. The fourth-order valence-electron chi connectivity index (χ4n) is 3.12. The Balaban J connectivity index is 1.62. The molecule has 1 aliphatic heterocycles. The zero-order chi connectivity index (χ0) is 20.4. The number of ether oxygens (including phenoxy) is 1. The second-order valence-corrected chi connectivity index (χ2v) is 8.42. The third-order valence-electron chi connectivity index (χ3n) is 4.62. The van der Waals surface area contributed by atoms with Crippen molar-refractivity contribution in [3.8, 4) is 0 Å². The number of sulfonamides is 1. The van der Waals surface area contributed by atoms with Crippen LogP contribution in [-0.4, -0.2) is 34.7 Å². The highest BCUT2D eigenvalue weighted by atomic mass is 32.2. The van der Waals surface area contributed by atoms with Crippen molar-refractivity contribution in [2.75, 3.05) is 29.8 Å². The van der Waals surface area contributed by atoms with Crippen LogP contribution in [0.5, 0.6) is 0 Å². The Morgan fingerprint density at radius 3 is 2.29 bits per heavy atom. The first-order chi connectivity index (χ1) is 13.2. The van der Waals surface area contributed by atoms with Gasteiger partial charge in [-0.1, -0.05) is 12.1 Å². The van der Waals surface area contributed by atoms with E-state index >= 15 is 0 Å². The van der Waals surface area contributed by atoms with Gasteiger partial charge in [0.2, 0.25) is 10.0 Å². The van der Waals surface area contributed by atoms with Gasteiger partial charge in [0.15, 0.2) is 0 Å². The van der Waals surface area contributed by atoms with E-state index in [4.69, 9.17) is 4.74 Å². The van der Waals surface area contributed by atoms with Crippen molar-refractivity contribution in [2.45, 2.75) is 24.5 Å². The molecule has 0 saturated carbocycles. The van der Waals surface area contributed by atoms with E-state index in [1.165, 1.54) is 12.1 Å². The van der Waals surface area contributed by atoms with Crippen LogP contribution in [0.2, 0.25) is 0 Å². The minimum atomic E-state index is -4.45. The number of hydrogen-bond donors (Lipinski definition) is 1. The molecule has 1 N–H and O–H groups in total. The molecule has 0 radical (unpaired) electrons. The molecule has 2 aromatic rings. The molecular formula is C19H21F3N2O3S. The third-order valence-corrected chi connectivity index (χ3v) is 5.88. The van der Waals surface area contributed by atoms with Crippen molar-refractivity contribution >= 4 is 21.4 Å². The molecule has 1 heterocycles. The van der Waals surface area contributed by atoms with Crippen LogP contribution in [-0.2, 0) is 26.7 Å². The zero-order valence-corrected chi connectivity index (χ0v) is 16.1. The topological polar surface area (TPSA) is 58.6 Å². The van der Waals surface area contributed by atoms with Crippen molar-refractivity contribution in [1.29, 1.82) is 0 Å². The normalized spacial score (nSPS) is 17.7. The molecule has 5 nitrogen and oxygen atoms in total. The van der Waals surface area contributed by atoms with Gasteiger partial charge in [0, 0.05) is 31.6 Å². The lowest BCUT2D eigenvalue weighted by Gasteiger charge is -2.19. The molecular weight excluding hydrogens is 393 g/mol. The molecule has 1 atom stereocenters. The summed E-state index contributed by atoms with van der Waals surface area (Å²) in [7, 11) is -2.06. The number of nitrogens with zero attached hydrogens (tertiary/aromatic N) is 1. The molecule has 0 amide bonds. The molecule has 0 aromatic heterocycles. The number of halogens is 3. The SMILES string of the molecule is COC1CCN(c2ccc(NS(=O)(=O)Cc3ccc(C(F)(F)F)cc3)cc2)C1. The van der Waals surface area contributed by atoms with Crippen LogP contribution >= 0.6 is 0 Å². The highest BCUT2D eigenvalue weighted by Gasteiger charge is 2.30. The Bertz CT molecular complexity index is 898. The summed E-state index contributed by atoms with van der Waals surface area (Å²) in [4.78, 5) is 2.16. The van der Waals surface area contributed by atoms with Crippen LogP contribution in [0.15, 0.2) is 48.5 Å². The maximum absolute atomic E-state index is 12.6. The lowest BCUT2D eigenvalue weighted by Crippen LogP contribution is -2.22. The average molecular weight is 414 g/mol. The third kappa shape index (κ3) is 5.17. The zero-order valence-electron chi connectivity index (χ0n) is 15.2. The number of hydrogen-bond acceptors (Lipinski definition) is 4. The van der Waals surface area contributed by atoms with Crippen molar-refractivity contribution in [3.63, 3.8) is 0 Å². The number of nitrogens with one attached hydrogen (secondary N) is 1. The van der Waals surface area contributed by atoms with Gasteiger partial charge in [0.05, 0.1) is 17.4 Å². The molecule has 0 bridgehead atoms. The monoisotopic (exact) mass is 414 g/mol. The lowest BCUT2D eigenvalue weighted by molar-refractivity contribution is -0.137. The molecule has 1 unspecified atom stereocenters. The van der Waals surface area contributed by atoms with E-state index in [0.29, 0.717) is 5.69 Å². The van der Waals surface area contributed by atoms with Gasteiger partial charge in [-0.3, -0.25) is 4.72 Å². The molecule has 152 valence electrons. The standard InChI is InChI=1S/C19H21F3N2O3S/c1-27-18-10-11-24(12-18)17-8-6-16(7-9-17)23-28(25,26)13-14-2-4-15(5-3-14)19(20,21)22/h2-9,18,23H,10-13H2,1H3. The molecule has 0 aliphatic carbocycles. The van der Waals surface area contributed by atoms with Gasteiger partial charge in [0.1, 0.15) is 0 Å². The summed E-state index contributed by atoms with van der Waals surface area (Å²) in [5, 5.41) is 0. The minimum Gasteiger partial charge on any atom is -0.380 e. The van der Waals surface area contributed by atoms with Crippen LogP contribution in [0, 0.1) is 0 Å². The summed E-state index contributed by atoms with van der Waals surface area (Å²) >= 11 is 0. The second-order valence-electron chi connectivity index (χ2n) is 6.70. The van der Waals surface area contributed by atoms with Gasteiger partial charge in [-0.05, 0) is 48.4 Å². The predicted octanol–water partition coefficient (Wildman–Crippen LogP) is 3.87. The highest BCUT2D eigenvalue weighted by Crippen LogP contribution is 2.29. The second kappa shape index (κ2) is 8.00. The van der Waals surface area contributed by atoms with Gasteiger partial charge in [-0.25, -0.2) is 8.42 Å². The van der Waals surface area contributed by atoms with Crippen LogP contribution in [0.25, 0.3) is 0 Å². The first-order valence-corrected chi connectivity index (χ1v) is 10.4. The van der Waals surface area contributed by atoms with Gasteiger partial charge in [0.25, 0.3) is 0 Å². The van der Waals surface area contributed by atoms with Gasteiger partial charge in [-0.15, -0.1) is 0 Å². The van der Waals surface area contributed by atoms with Gasteiger partial charge in [-0.2, -0.15) is 13.2 Å². The van der Waals surface area contributed by atoms with E-state index in [1.54, 1.807) is 19.2 Å². The lowest BCUT2D eigenvalue weighted by atomic mass is 10.1. The van der Waals surface area contributed by atoms with E-state index < -0.39 is 27.5 Å². The Morgan fingerprint density at radius 1 is 1.11 bits per heavy atom. The number of benzene rings is 2. The maximum atomic E-state index is 12.6. The molecule has 2 aromatic carbocycles. The Labute approximate surface area is 162 Å². The van der Waals surface area contributed by atoms with Crippen molar-refractivity contribution in [3.05, 3.63) is 59.7 Å². The summed E-state index contributed by atoms with van der Waals surface area (Å²) in [5.41, 5.74) is 0.845. The van der Waals surface area contributed by atoms with Crippen LogP contribution < -0.4 is 9.62 Å². The summed E-state index contributed by atoms with van der Waals surface area (Å²) < 4.78 is 70.2. The first kappa shape index (κ1) is 20.5. The maximum Gasteiger partial charge on any atom is 0.416 e. The minimum absolute atomic E-state index is 0.196. The Kier molecular flexibility index (Phi) is 5.85. The average Bonchev–Trinajstić information content (AvgIpc) is 3.10. The largest absolute Gasteiger partial charge is 0.416 e. The van der Waals surface area contributed by atoms with E-state index in [9.17, 15) is 21.6 Å². The quantitative estimate of drug-likeness (QED) is 0.780. The molecule has 1 aliphatic rings. The van der Waals surface area contributed by atoms with E-state index in [0.717, 1.165) is 37.3 Å². The van der Waals surface area contributed by atoms with Crippen molar-refractivity contribution < 1.29 is 26.3 Å². The first-order valence-electron chi connectivity index (χ1n) is 8.71. The molecule has 3 rings (SSSR count). The molecule has 1 fully saturated rings. The number of alkyl halides is 3. The highest BCUT2D eigenvalue weighted by molar-refractivity contribution is 7.91. The Hall–Kier alpha value is -2.26. The van der Waals surface area contributed by atoms with E-state index in [1.807, 2.05) is 12.1 Å². The fraction of sp³-hybridized carbons (Fsp3) is 0.368. The molecule has 28 heavy (non-hydrogen) atoms. The summed E-state index contributed by atoms with van der Waals surface area (Å²) in [6.07, 6.45) is -3.31. The van der Waals surface area contributed by atoms with Crippen LogP contribution in [0.3, 0.4) is 0 Å². The summed E-state index contributed by atoms with van der Waals surface area (Å²) in [5.74, 6) is -0.408. The number of methoxy groups -OCH3 is 1. The number of anilines is 2. The smallest absolute Gasteiger partial charge is 0.380 e. The van der Waals surface area contributed by atoms with E-state index in [2.05, 4.69) is 9.62 Å². The number of rotatable bonds is 6. The molecule has 1 saturated heterocycles. The van der Waals surface area contributed by atoms with E-state index in [-0.39, 0.29) is 11.7 Å². The van der Waals surface area contributed by atoms with Crippen LogP contribution in [0.4, 0.5) is 24.5 Å².